The van der Waals surface area contributed by atoms with E-state index < -0.39 is 32.5 Å². The van der Waals surface area contributed by atoms with Gasteiger partial charge in [0, 0.05) is 12.8 Å². The molecule has 0 heterocycles. The van der Waals surface area contributed by atoms with E-state index in [1.54, 1.807) is 0 Å². The van der Waals surface area contributed by atoms with Gasteiger partial charge in [0.25, 0.3) is 7.82 Å². The summed E-state index contributed by atoms with van der Waals surface area (Å²) in [5.74, 6) is -0.895. The lowest BCUT2D eigenvalue weighted by atomic mass is 10.1. The normalized spacial score (nSPS) is 14.3. The van der Waals surface area contributed by atoms with Crippen molar-refractivity contribution in [3.63, 3.8) is 0 Å². The molecule has 0 aliphatic heterocycles. The van der Waals surface area contributed by atoms with Crippen LogP contribution in [0.5, 0.6) is 0 Å². The monoisotopic (exact) mass is 780 g/mol. The summed E-state index contributed by atoms with van der Waals surface area (Å²) < 4.78 is 33.8. The molecular weight excluding hydrogens is 701 g/mol. The molecule has 1 unspecified atom stereocenters. The van der Waals surface area contributed by atoms with Crippen LogP contribution >= 0.6 is 7.82 Å². The minimum atomic E-state index is -4.64. The number of hydrogen-bond donors (Lipinski definition) is 0. The number of rotatable bonds is 37. The largest absolute Gasteiger partial charge is 0.756 e. The zero-order valence-electron chi connectivity index (χ0n) is 34.9. The van der Waals surface area contributed by atoms with Crippen LogP contribution in [0.3, 0.4) is 0 Å². The highest BCUT2D eigenvalue weighted by molar-refractivity contribution is 7.45. The lowest BCUT2D eigenvalue weighted by molar-refractivity contribution is -0.870. The van der Waals surface area contributed by atoms with Crippen LogP contribution in [-0.4, -0.2) is 70.0 Å². The van der Waals surface area contributed by atoms with E-state index >= 15 is 0 Å². The Balaban J connectivity index is 4.49. The van der Waals surface area contributed by atoms with E-state index in [9.17, 15) is 19.0 Å². The molecule has 0 fully saturated rings. The molecule has 0 saturated carbocycles. The molecule has 9 nitrogen and oxygen atoms in total. The Morgan fingerprint density at radius 3 is 1.57 bits per heavy atom. The van der Waals surface area contributed by atoms with Crippen LogP contribution in [0, 0.1) is 0 Å². The predicted molar refractivity (Wildman–Crippen MR) is 222 cm³/mol. The van der Waals surface area contributed by atoms with Crippen molar-refractivity contribution in [2.75, 3.05) is 47.5 Å². The summed E-state index contributed by atoms with van der Waals surface area (Å²) in [4.78, 5) is 37.4. The third-order valence-electron chi connectivity index (χ3n) is 8.49. The van der Waals surface area contributed by atoms with Gasteiger partial charge in [-0.05, 0) is 77.0 Å². The van der Waals surface area contributed by atoms with Crippen molar-refractivity contribution in [3.8, 4) is 0 Å². The van der Waals surface area contributed by atoms with Gasteiger partial charge >= 0.3 is 11.9 Å². The SMILES string of the molecule is CCC/C=C/C/C=C/C/C=C/C/C=C/CCCCCC(=O)O[C@H](COC(=O)CCCCC/C=C/CCCCCCCC)COP(=O)([O-])OCC[N+](C)(C)C. The number of esters is 2. The van der Waals surface area contributed by atoms with E-state index in [4.69, 9.17) is 18.5 Å². The first-order valence-corrected chi connectivity index (χ1v) is 22.5. The Morgan fingerprint density at radius 2 is 1.04 bits per heavy atom. The number of carbonyl (C=O) groups is 2. The van der Waals surface area contributed by atoms with Crippen LogP contribution < -0.4 is 4.89 Å². The molecule has 0 rings (SSSR count). The van der Waals surface area contributed by atoms with E-state index in [-0.39, 0.29) is 26.1 Å². The lowest BCUT2D eigenvalue weighted by Crippen LogP contribution is -2.37. The van der Waals surface area contributed by atoms with E-state index in [1.165, 1.54) is 44.9 Å². The molecule has 0 N–H and O–H groups in total. The topological polar surface area (TPSA) is 111 Å². The maximum absolute atomic E-state index is 12.6. The summed E-state index contributed by atoms with van der Waals surface area (Å²) >= 11 is 0. The van der Waals surface area contributed by atoms with Gasteiger partial charge in [-0.25, -0.2) is 0 Å². The van der Waals surface area contributed by atoms with Crippen molar-refractivity contribution in [1.29, 1.82) is 0 Å². The fourth-order valence-corrected chi connectivity index (χ4v) is 5.90. The van der Waals surface area contributed by atoms with Crippen molar-refractivity contribution >= 4 is 19.8 Å². The summed E-state index contributed by atoms with van der Waals surface area (Å²) in [6.07, 6.45) is 42.5. The summed E-state index contributed by atoms with van der Waals surface area (Å²) in [7, 11) is 1.13. The molecule has 0 radical (unpaired) electrons. The molecule has 0 spiro atoms. The maximum atomic E-state index is 12.6. The molecule has 0 bridgehead atoms. The van der Waals surface area contributed by atoms with Crippen LogP contribution in [0.1, 0.15) is 155 Å². The van der Waals surface area contributed by atoms with Gasteiger partial charge in [-0.15, -0.1) is 0 Å². The summed E-state index contributed by atoms with van der Waals surface area (Å²) in [5.41, 5.74) is 0. The smallest absolute Gasteiger partial charge is 0.306 e. The van der Waals surface area contributed by atoms with Gasteiger partial charge in [0.2, 0.25) is 0 Å². The summed E-state index contributed by atoms with van der Waals surface area (Å²) in [5, 5.41) is 0. The Hall–Kier alpha value is -2.29. The number of unbranched alkanes of at least 4 members (excludes halogenated alkanes) is 13. The molecule has 10 heteroatoms. The average Bonchev–Trinajstić information content (AvgIpc) is 3.12. The van der Waals surface area contributed by atoms with Crippen LogP contribution in [0.2, 0.25) is 0 Å². The molecule has 312 valence electrons. The molecule has 0 aromatic carbocycles. The number of likely N-dealkylation sites (N-methyl/N-ethyl adjacent to an activating group) is 1. The van der Waals surface area contributed by atoms with E-state index in [1.807, 2.05) is 21.1 Å². The highest BCUT2D eigenvalue weighted by atomic mass is 31.2. The Bertz CT molecular complexity index is 1110. The highest BCUT2D eigenvalue weighted by Crippen LogP contribution is 2.38. The van der Waals surface area contributed by atoms with E-state index in [0.717, 1.165) is 70.6 Å². The minimum absolute atomic E-state index is 0.0421. The lowest BCUT2D eigenvalue weighted by Gasteiger charge is -2.28. The van der Waals surface area contributed by atoms with Gasteiger partial charge in [-0.1, -0.05) is 126 Å². The number of phosphoric acid groups is 1. The Labute approximate surface area is 330 Å². The molecule has 0 aliphatic carbocycles. The number of hydrogen-bond acceptors (Lipinski definition) is 8. The Kier molecular flexibility index (Phi) is 34.8. The number of allylic oxidation sites excluding steroid dienone is 10. The first kappa shape index (κ1) is 51.7. The molecule has 54 heavy (non-hydrogen) atoms. The van der Waals surface area contributed by atoms with Crippen LogP contribution in [-0.2, 0) is 32.7 Å². The van der Waals surface area contributed by atoms with Gasteiger partial charge in [0.15, 0.2) is 6.10 Å². The fraction of sp³-hybridized carbons (Fsp3) is 0.727. The number of ether oxygens (including phenoxy) is 2. The quantitative estimate of drug-likeness (QED) is 0.0201. The van der Waals surface area contributed by atoms with E-state index in [0.29, 0.717) is 23.9 Å². The molecule has 0 saturated heterocycles. The van der Waals surface area contributed by atoms with Crippen molar-refractivity contribution in [2.45, 2.75) is 161 Å². The third kappa shape index (κ3) is 39.4. The highest BCUT2D eigenvalue weighted by Gasteiger charge is 2.21. The zero-order chi connectivity index (χ0) is 40.0. The molecule has 0 amide bonds. The van der Waals surface area contributed by atoms with Gasteiger partial charge in [-0.3, -0.25) is 14.2 Å². The van der Waals surface area contributed by atoms with Crippen molar-refractivity contribution in [3.05, 3.63) is 60.8 Å². The predicted octanol–water partition coefficient (Wildman–Crippen LogP) is 11.1. The zero-order valence-corrected chi connectivity index (χ0v) is 35.8. The molecule has 0 aliphatic rings. The van der Waals surface area contributed by atoms with Crippen LogP contribution in [0.15, 0.2) is 60.8 Å². The van der Waals surface area contributed by atoms with Gasteiger partial charge in [-0.2, -0.15) is 0 Å². The van der Waals surface area contributed by atoms with Crippen LogP contribution in [0.25, 0.3) is 0 Å². The molecule has 0 aromatic heterocycles. The van der Waals surface area contributed by atoms with Gasteiger partial charge in [0.05, 0.1) is 27.7 Å². The number of carbonyl (C=O) groups excluding carboxylic acids is 2. The molecule has 0 aromatic rings. The Morgan fingerprint density at radius 1 is 0.574 bits per heavy atom. The number of nitrogens with zero attached hydrogens (tertiary/aromatic N) is 1. The standard InChI is InChI=1S/C44H78NO8P/c1-6-8-10-12-14-16-18-20-21-22-23-25-27-29-31-33-35-37-44(47)53-42(41-52-54(48,49)51-39-38-45(3,4)5)40-50-43(46)36-34-32-30-28-26-24-19-17-15-13-11-9-7-2/h10,12,16,18,21-22,24-27,42H,6-9,11,13-15,17,19-20,23,28-41H2,1-5H3/b12-10+,18-16+,22-21+,26-24+,27-25+/t42-/m1/s1. The van der Waals surface area contributed by atoms with Crippen LogP contribution in [0.4, 0.5) is 0 Å². The second-order valence-corrected chi connectivity index (χ2v) is 16.4. The number of phosphoric ester groups is 1. The fourth-order valence-electron chi connectivity index (χ4n) is 5.17. The molecular formula is C44H78NO8P. The van der Waals surface area contributed by atoms with Crippen molar-refractivity contribution in [1.82, 2.24) is 0 Å². The first-order valence-electron chi connectivity index (χ1n) is 21.0. The average molecular weight is 780 g/mol. The molecule has 2 atom stereocenters. The summed E-state index contributed by atoms with van der Waals surface area (Å²) in [6, 6.07) is 0. The second-order valence-electron chi connectivity index (χ2n) is 15.0. The second kappa shape index (κ2) is 36.4. The van der Waals surface area contributed by atoms with Gasteiger partial charge in [0.1, 0.15) is 19.8 Å². The van der Waals surface area contributed by atoms with Gasteiger partial charge < -0.3 is 27.9 Å². The third-order valence-corrected chi connectivity index (χ3v) is 9.46. The van der Waals surface area contributed by atoms with Crippen molar-refractivity contribution < 1.29 is 42.1 Å². The number of quaternary nitrogens is 1. The summed E-state index contributed by atoms with van der Waals surface area (Å²) in [6.45, 7) is 4.07. The maximum Gasteiger partial charge on any atom is 0.306 e. The van der Waals surface area contributed by atoms with E-state index in [2.05, 4.69) is 74.6 Å². The minimum Gasteiger partial charge on any atom is -0.756 e. The first-order chi connectivity index (χ1) is 26.0. The van der Waals surface area contributed by atoms with Crippen molar-refractivity contribution in [2.24, 2.45) is 0 Å².